The quantitative estimate of drug-likeness (QED) is 0.573. The number of oxazole rings is 1. The van der Waals surface area contributed by atoms with Crippen molar-refractivity contribution in [2.24, 2.45) is 0 Å². The molecule has 6 heteroatoms. The minimum absolute atomic E-state index is 0.137. The molecule has 1 rings (SSSR count). The molecule has 1 aromatic rings. The monoisotopic (exact) mass is 158 g/mol. The van der Waals surface area contributed by atoms with Gasteiger partial charge in [-0.1, -0.05) is 0 Å². The summed E-state index contributed by atoms with van der Waals surface area (Å²) in [6, 6.07) is -0.137. The third-order valence-corrected chi connectivity index (χ3v) is 0.928. The molecular formula is C5H6N2O4. The Morgan fingerprint density at radius 1 is 1.82 bits per heavy atom. The smallest absolute Gasteiger partial charge is 0.412 e. The average Bonchev–Trinajstić information content (AvgIpc) is 2.34. The van der Waals surface area contributed by atoms with Crippen molar-refractivity contribution >= 4 is 12.1 Å². The van der Waals surface area contributed by atoms with Crippen molar-refractivity contribution in [2.45, 2.75) is 6.61 Å². The van der Waals surface area contributed by atoms with Crippen molar-refractivity contribution in [3.05, 3.63) is 12.0 Å². The molecular weight excluding hydrogens is 152 g/mol. The van der Waals surface area contributed by atoms with Gasteiger partial charge in [-0.3, -0.25) is 0 Å². The molecule has 0 unspecified atom stereocenters. The van der Waals surface area contributed by atoms with Crippen LogP contribution in [0, 0.1) is 0 Å². The zero-order valence-electron chi connectivity index (χ0n) is 5.44. The summed E-state index contributed by atoms with van der Waals surface area (Å²) < 4.78 is 4.60. The largest absolute Gasteiger partial charge is 0.465 e. The number of hydrogen-bond acceptors (Lipinski definition) is 4. The predicted octanol–water partition coefficient (Wildman–Crippen LogP) is 0.257. The molecule has 0 saturated heterocycles. The van der Waals surface area contributed by atoms with Gasteiger partial charge in [0.1, 0.15) is 12.0 Å². The Balaban J connectivity index is 2.65. The SMILES string of the molecule is O=C(O)Nc1nc(CO)co1. The van der Waals surface area contributed by atoms with E-state index in [2.05, 4.69) is 9.40 Å². The molecule has 6 nitrogen and oxygen atoms in total. The van der Waals surface area contributed by atoms with Crippen molar-refractivity contribution in [1.82, 2.24) is 4.98 Å². The summed E-state index contributed by atoms with van der Waals surface area (Å²) in [6.45, 7) is -0.273. The first kappa shape index (κ1) is 7.55. The highest BCUT2D eigenvalue weighted by Gasteiger charge is 2.04. The summed E-state index contributed by atoms with van der Waals surface area (Å²) in [5.74, 6) is 0. The number of aliphatic hydroxyl groups excluding tert-OH is 1. The number of nitrogens with one attached hydrogen (secondary N) is 1. The summed E-state index contributed by atoms with van der Waals surface area (Å²) >= 11 is 0. The average molecular weight is 158 g/mol. The summed E-state index contributed by atoms with van der Waals surface area (Å²) in [7, 11) is 0. The maximum atomic E-state index is 9.99. The van der Waals surface area contributed by atoms with E-state index in [0.717, 1.165) is 0 Å². The van der Waals surface area contributed by atoms with E-state index in [0.29, 0.717) is 0 Å². The third kappa shape index (κ3) is 1.94. The van der Waals surface area contributed by atoms with Gasteiger partial charge in [0, 0.05) is 0 Å². The Morgan fingerprint density at radius 2 is 2.55 bits per heavy atom. The maximum absolute atomic E-state index is 9.99. The van der Waals surface area contributed by atoms with Crippen LogP contribution in [-0.4, -0.2) is 21.3 Å². The molecule has 0 saturated carbocycles. The normalized spacial score (nSPS) is 9.55. The van der Waals surface area contributed by atoms with Crippen LogP contribution in [0.3, 0.4) is 0 Å². The van der Waals surface area contributed by atoms with Gasteiger partial charge in [-0.2, -0.15) is 4.98 Å². The van der Waals surface area contributed by atoms with Crippen molar-refractivity contribution in [2.75, 3.05) is 5.32 Å². The van der Waals surface area contributed by atoms with Crippen LogP contribution in [0.2, 0.25) is 0 Å². The fraction of sp³-hybridized carbons (Fsp3) is 0.200. The fourth-order valence-electron chi connectivity index (χ4n) is 0.528. The minimum atomic E-state index is -1.25. The van der Waals surface area contributed by atoms with Gasteiger partial charge in [0.05, 0.1) is 6.61 Å². The molecule has 1 aromatic heterocycles. The van der Waals surface area contributed by atoms with Gasteiger partial charge in [0.25, 0.3) is 0 Å². The Hall–Kier alpha value is -1.56. The number of aliphatic hydroxyl groups is 1. The molecule has 0 fully saturated rings. The lowest BCUT2D eigenvalue weighted by Gasteiger charge is -1.89. The predicted molar refractivity (Wildman–Crippen MR) is 34.1 cm³/mol. The van der Waals surface area contributed by atoms with Crippen LogP contribution in [0.25, 0.3) is 0 Å². The lowest BCUT2D eigenvalue weighted by Crippen LogP contribution is -2.07. The highest BCUT2D eigenvalue weighted by atomic mass is 16.4. The van der Waals surface area contributed by atoms with Gasteiger partial charge in [-0.15, -0.1) is 0 Å². The van der Waals surface area contributed by atoms with E-state index in [1.165, 1.54) is 6.26 Å². The van der Waals surface area contributed by atoms with E-state index in [1.54, 1.807) is 0 Å². The zero-order chi connectivity index (χ0) is 8.27. The highest BCUT2D eigenvalue weighted by Crippen LogP contribution is 2.06. The maximum Gasteiger partial charge on any atom is 0.412 e. The first-order valence-corrected chi connectivity index (χ1v) is 2.77. The molecule has 0 spiro atoms. The lowest BCUT2D eigenvalue weighted by molar-refractivity contribution is 0.209. The molecule has 11 heavy (non-hydrogen) atoms. The Bertz CT molecular complexity index is 257. The minimum Gasteiger partial charge on any atom is -0.465 e. The van der Waals surface area contributed by atoms with Crippen LogP contribution in [0.15, 0.2) is 10.7 Å². The van der Waals surface area contributed by atoms with Crippen LogP contribution >= 0.6 is 0 Å². The van der Waals surface area contributed by atoms with E-state index >= 15 is 0 Å². The molecule has 0 bridgehead atoms. The Morgan fingerprint density at radius 3 is 3.00 bits per heavy atom. The zero-order valence-corrected chi connectivity index (χ0v) is 5.44. The number of amides is 1. The Kier molecular flexibility index (Phi) is 2.07. The molecule has 1 heterocycles. The topological polar surface area (TPSA) is 95.6 Å². The molecule has 0 aromatic carbocycles. The van der Waals surface area contributed by atoms with Crippen LogP contribution < -0.4 is 5.32 Å². The van der Waals surface area contributed by atoms with Crippen LogP contribution in [0.1, 0.15) is 5.69 Å². The summed E-state index contributed by atoms with van der Waals surface area (Å²) in [5, 5.41) is 18.5. The molecule has 0 aliphatic heterocycles. The van der Waals surface area contributed by atoms with Crippen LogP contribution in [-0.2, 0) is 6.61 Å². The van der Waals surface area contributed by atoms with Crippen molar-refractivity contribution in [3.8, 4) is 0 Å². The molecule has 0 aliphatic rings. The Labute approximate surface area is 61.5 Å². The highest BCUT2D eigenvalue weighted by molar-refractivity contribution is 5.79. The van der Waals surface area contributed by atoms with E-state index in [9.17, 15) is 4.79 Å². The van der Waals surface area contributed by atoms with E-state index in [4.69, 9.17) is 10.2 Å². The van der Waals surface area contributed by atoms with Gasteiger partial charge < -0.3 is 14.6 Å². The molecule has 0 atom stereocenters. The lowest BCUT2D eigenvalue weighted by atomic mass is 10.5. The van der Waals surface area contributed by atoms with Crippen molar-refractivity contribution < 1.29 is 19.4 Å². The van der Waals surface area contributed by atoms with Crippen LogP contribution in [0.4, 0.5) is 10.8 Å². The van der Waals surface area contributed by atoms with Gasteiger partial charge in [0.2, 0.25) is 0 Å². The van der Waals surface area contributed by atoms with Gasteiger partial charge in [-0.25, -0.2) is 10.1 Å². The second-order valence-electron chi connectivity index (χ2n) is 1.73. The van der Waals surface area contributed by atoms with E-state index in [1.807, 2.05) is 5.32 Å². The van der Waals surface area contributed by atoms with Crippen LogP contribution in [0.5, 0.6) is 0 Å². The summed E-state index contributed by atoms with van der Waals surface area (Å²) in [6.07, 6.45) is -0.0815. The molecule has 1 amide bonds. The third-order valence-electron chi connectivity index (χ3n) is 0.928. The molecule has 60 valence electrons. The summed E-state index contributed by atoms with van der Waals surface area (Å²) in [4.78, 5) is 13.6. The van der Waals surface area contributed by atoms with Gasteiger partial charge in [0.15, 0.2) is 0 Å². The number of aromatic nitrogens is 1. The van der Waals surface area contributed by atoms with E-state index < -0.39 is 6.09 Å². The molecule has 0 radical (unpaired) electrons. The number of hydrogen-bond donors (Lipinski definition) is 3. The standard InChI is InChI=1S/C5H6N2O4/c8-1-3-2-11-4(6-3)7-5(9)10/h2,8H,1H2,(H,6,7)(H,9,10). The first-order valence-electron chi connectivity index (χ1n) is 2.77. The van der Waals surface area contributed by atoms with Crippen molar-refractivity contribution in [1.29, 1.82) is 0 Å². The number of carboxylic acid groups (broad SMARTS) is 1. The van der Waals surface area contributed by atoms with Crippen molar-refractivity contribution in [3.63, 3.8) is 0 Å². The van der Waals surface area contributed by atoms with Gasteiger partial charge in [-0.05, 0) is 0 Å². The second-order valence-corrected chi connectivity index (χ2v) is 1.73. The first-order chi connectivity index (χ1) is 5.22. The second kappa shape index (κ2) is 3.02. The number of nitrogens with zero attached hydrogens (tertiary/aromatic N) is 1. The molecule has 3 N–H and O–H groups in total. The number of rotatable bonds is 2. The molecule has 0 aliphatic carbocycles. The summed E-state index contributed by atoms with van der Waals surface area (Å²) in [5.41, 5.74) is 0.286. The number of carbonyl (C=O) groups is 1. The van der Waals surface area contributed by atoms with Gasteiger partial charge >= 0.3 is 12.1 Å². The van der Waals surface area contributed by atoms with E-state index in [-0.39, 0.29) is 18.3 Å². The fourth-order valence-corrected chi connectivity index (χ4v) is 0.528. The number of anilines is 1.